The smallest absolute Gasteiger partial charge is 0.193 e. The van der Waals surface area contributed by atoms with Gasteiger partial charge in [-0.25, -0.2) is 0 Å². The van der Waals surface area contributed by atoms with Gasteiger partial charge in [-0.2, -0.15) is 5.10 Å². The van der Waals surface area contributed by atoms with Crippen LogP contribution < -0.4 is 5.32 Å². The number of aliphatic imine (C=N–C) groups is 1. The molecule has 134 valence electrons. The molecule has 2 unspecified atom stereocenters. The van der Waals surface area contributed by atoms with E-state index in [0.717, 1.165) is 25.5 Å². The lowest BCUT2D eigenvalue weighted by molar-refractivity contribution is 0.106. The molecule has 1 aromatic heterocycles. The van der Waals surface area contributed by atoms with Gasteiger partial charge in [0.05, 0.1) is 12.3 Å². The number of aryl methyl sites for hydroxylation is 1. The summed E-state index contributed by atoms with van der Waals surface area (Å²) in [6.07, 6.45) is 5.22. The van der Waals surface area contributed by atoms with Crippen molar-refractivity contribution in [1.29, 1.82) is 0 Å². The van der Waals surface area contributed by atoms with E-state index in [1.54, 1.807) is 7.11 Å². The van der Waals surface area contributed by atoms with E-state index in [0.29, 0.717) is 12.5 Å². The van der Waals surface area contributed by atoms with E-state index in [-0.39, 0.29) is 6.10 Å². The fraction of sp³-hybridized carbons (Fsp3) is 0.474. The van der Waals surface area contributed by atoms with Crippen LogP contribution in [0.25, 0.3) is 0 Å². The van der Waals surface area contributed by atoms with Gasteiger partial charge in [-0.15, -0.1) is 0 Å². The number of aromatic nitrogens is 2. The summed E-state index contributed by atoms with van der Waals surface area (Å²) >= 11 is 0. The number of rotatable bonds is 5. The van der Waals surface area contributed by atoms with E-state index < -0.39 is 0 Å². The van der Waals surface area contributed by atoms with Crippen molar-refractivity contribution in [2.24, 2.45) is 12.0 Å². The zero-order valence-electron chi connectivity index (χ0n) is 15.2. The summed E-state index contributed by atoms with van der Waals surface area (Å²) in [6.45, 7) is 2.66. The zero-order valence-corrected chi connectivity index (χ0v) is 15.2. The predicted octanol–water partition coefficient (Wildman–Crippen LogP) is 2.17. The Kier molecular flexibility index (Phi) is 5.71. The van der Waals surface area contributed by atoms with Crippen molar-refractivity contribution < 1.29 is 4.74 Å². The molecular weight excluding hydrogens is 314 g/mol. The van der Waals surface area contributed by atoms with Crippen molar-refractivity contribution in [2.75, 3.05) is 33.8 Å². The third-order valence-corrected chi connectivity index (χ3v) is 4.80. The fourth-order valence-corrected chi connectivity index (χ4v) is 3.40. The van der Waals surface area contributed by atoms with Gasteiger partial charge >= 0.3 is 0 Å². The Bertz CT molecular complexity index is 697. The molecule has 1 aliphatic rings. The Balaban J connectivity index is 1.58. The highest BCUT2D eigenvalue weighted by atomic mass is 16.5. The van der Waals surface area contributed by atoms with Crippen LogP contribution >= 0.6 is 0 Å². The maximum atomic E-state index is 5.64. The van der Waals surface area contributed by atoms with E-state index in [9.17, 15) is 0 Å². The lowest BCUT2D eigenvalue weighted by Gasteiger charge is -2.24. The summed E-state index contributed by atoms with van der Waals surface area (Å²) in [6, 6.07) is 10.3. The largest absolute Gasteiger partial charge is 0.375 e. The molecule has 0 spiro atoms. The standard InChI is InChI=1S/C19H27N5O/c1-20-19(21-12-18(25-3)15-7-5-4-6-8-15)24-10-9-16(14-24)17-11-22-23(2)13-17/h4-8,11,13,16,18H,9-10,12,14H2,1-3H3,(H,20,21). The summed E-state index contributed by atoms with van der Waals surface area (Å²) in [5, 5.41) is 7.76. The summed E-state index contributed by atoms with van der Waals surface area (Å²) in [7, 11) is 5.55. The molecule has 6 heteroatoms. The molecule has 0 bridgehead atoms. The molecule has 1 aromatic carbocycles. The summed E-state index contributed by atoms with van der Waals surface area (Å²) in [5.41, 5.74) is 2.47. The zero-order chi connectivity index (χ0) is 17.6. The first-order chi connectivity index (χ1) is 12.2. The molecule has 3 rings (SSSR count). The van der Waals surface area contributed by atoms with E-state index in [1.165, 1.54) is 11.1 Å². The summed E-state index contributed by atoms with van der Waals surface area (Å²) < 4.78 is 7.51. The Morgan fingerprint density at radius 1 is 1.40 bits per heavy atom. The van der Waals surface area contributed by atoms with Crippen LogP contribution in [-0.2, 0) is 11.8 Å². The molecule has 2 heterocycles. The van der Waals surface area contributed by atoms with Crippen LogP contribution in [0.1, 0.15) is 29.6 Å². The molecule has 0 saturated carbocycles. The van der Waals surface area contributed by atoms with Crippen molar-refractivity contribution in [3.63, 3.8) is 0 Å². The van der Waals surface area contributed by atoms with E-state index in [4.69, 9.17) is 4.74 Å². The summed E-state index contributed by atoms with van der Waals surface area (Å²) in [5.74, 6) is 1.45. The number of nitrogens with one attached hydrogen (secondary N) is 1. The minimum atomic E-state index is 0.00896. The highest BCUT2D eigenvalue weighted by molar-refractivity contribution is 5.80. The monoisotopic (exact) mass is 341 g/mol. The molecule has 1 saturated heterocycles. The second-order valence-electron chi connectivity index (χ2n) is 6.44. The van der Waals surface area contributed by atoms with Gasteiger partial charge in [0.1, 0.15) is 0 Å². The molecule has 2 atom stereocenters. The van der Waals surface area contributed by atoms with Gasteiger partial charge in [0, 0.05) is 53.0 Å². The molecule has 25 heavy (non-hydrogen) atoms. The molecule has 2 aromatic rings. The third kappa shape index (κ3) is 4.20. The minimum absolute atomic E-state index is 0.00896. The lowest BCUT2D eigenvalue weighted by Crippen LogP contribution is -2.41. The van der Waals surface area contributed by atoms with Gasteiger partial charge in [-0.3, -0.25) is 9.67 Å². The first-order valence-corrected chi connectivity index (χ1v) is 8.73. The lowest BCUT2D eigenvalue weighted by atomic mass is 10.0. The first kappa shape index (κ1) is 17.5. The van der Waals surface area contributed by atoms with Crippen molar-refractivity contribution >= 4 is 5.96 Å². The van der Waals surface area contributed by atoms with Gasteiger partial charge in [-0.05, 0) is 17.5 Å². The number of hydrogen-bond acceptors (Lipinski definition) is 3. The topological polar surface area (TPSA) is 54.7 Å². The second kappa shape index (κ2) is 8.16. The number of nitrogens with zero attached hydrogens (tertiary/aromatic N) is 4. The summed E-state index contributed by atoms with van der Waals surface area (Å²) in [4.78, 5) is 6.77. The Labute approximate surface area is 149 Å². The number of hydrogen-bond donors (Lipinski definition) is 1. The van der Waals surface area contributed by atoms with Crippen LogP contribution in [0.3, 0.4) is 0 Å². The highest BCUT2D eigenvalue weighted by Gasteiger charge is 2.27. The number of ether oxygens (including phenoxy) is 1. The van der Waals surface area contributed by atoms with Crippen molar-refractivity contribution in [3.8, 4) is 0 Å². The number of methoxy groups -OCH3 is 1. The van der Waals surface area contributed by atoms with Crippen LogP contribution in [0.4, 0.5) is 0 Å². The number of likely N-dealkylation sites (tertiary alicyclic amines) is 1. The van der Waals surface area contributed by atoms with Gasteiger partial charge in [0.2, 0.25) is 0 Å². The van der Waals surface area contributed by atoms with E-state index >= 15 is 0 Å². The van der Waals surface area contributed by atoms with E-state index in [1.807, 2.05) is 43.2 Å². The van der Waals surface area contributed by atoms with Gasteiger partial charge < -0.3 is 15.0 Å². The molecule has 1 aliphatic heterocycles. The van der Waals surface area contributed by atoms with Gasteiger partial charge in [0.25, 0.3) is 0 Å². The average Bonchev–Trinajstić information content (AvgIpc) is 3.29. The average molecular weight is 341 g/mol. The predicted molar refractivity (Wildman–Crippen MR) is 99.7 cm³/mol. The van der Waals surface area contributed by atoms with Crippen molar-refractivity contribution in [2.45, 2.75) is 18.4 Å². The Morgan fingerprint density at radius 2 is 2.20 bits per heavy atom. The van der Waals surface area contributed by atoms with Gasteiger partial charge in [0.15, 0.2) is 5.96 Å². The molecule has 0 aliphatic carbocycles. The molecular formula is C19H27N5O. The fourth-order valence-electron chi connectivity index (χ4n) is 3.40. The second-order valence-corrected chi connectivity index (χ2v) is 6.44. The van der Waals surface area contributed by atoms with Crippen molar-refractivity contribution in [1.82, 2.24) is 20.0 Å². The first-order valence-electron chi connectivity index (χ1n) is 8.73. The van der Waals surface area contributed by atoms with Crippen LogP contribution in [-0.4, -0.2) is 54.4 Å². The minimum Gasteiger partial charge on any atom is -0.375 e. The maximum absolute atomic E-state index is 5.64. The van der Waals surface area contributed by atoms with Crippen molar-refractivity contribution in [3.05, 3.63) is 53.9 Å². The Morgan fingerprint density at radius 3 is 2.84 bits per heavy atom. The Hall–Kier alpha value is -2.34. The normalized spacial score (nSPS) is 19.2. The highest BCUT2D eigenvalue weighted by Crippen LogP contribution is 2.26. The molecule has 1 fully saturated rings. The van der Waals surface area contributed by atoms with Crippen LogP contribution in [0.15, 0.2) is 47.7 Å². The van der Waals surface area contributed by atoms with Crippen LogP contribution in [0, 0.1) is 0 Å². The SMILES string of the molecule is CN=C(NCC(OC)c1ccccc1)N1CCC(c2cnn(C)c2)C1. The van der Waals surface area contributed by atoms with E-state index in [2.05, 4.69) is 38.6 Å². The maximum Gasteiger partial charge on any atom is 0.193 e. The van der Waals surface area contributed by atoms with Gasteiger partial charge in [-0.1, -0.05) is 30.3 Å². The molecule has 0 radical (unpaired) electrons. The molecule has 6 nitrogen and oxygen atoms in total. The number of guanidine groups is 1. The van der Waals surface area contributed by atoms with Crippen LogP contribution in [0.2, 0.25) is 0 Å². The molecule has 0 amide bonds. The van der Waals surface area contributed by atoms with Crippen LogP contribution in [0.5, 0.6) is 0 Å². The quantitative estimate of drug-likeness (QED) is 0.669. The third-order valence-electron chi connectivity index (χ3n) is 4.80. The number of benzene rings is 1. The molecule has 1 N–H and O–H groups in total.